The molecule has 7 rings (SSSR count). The number of pyridine rings is 2. The predicted octanol–water partition coefficient (Wildman–Crippen LogP) is 9.68. The molecule has 0 N–H and O–H groups in total. The van der Waals surface area contributed by atoms with Crippen molar-refractivity contribution in [2.24, 2.45) is 0 Å². The Balaban J connectivity index is 0.000000217. The van der Waals surface area contributed by atoms with E-state index in [1.807, 2.05) is 79.0 Å². The third kappa shape index (κ3) is 6.51. The fourth-order valence-corrected chi connectivity index (χ4v) is 6.82. The van der Waals surface area contributed by atoms with E-state index in [0.29, 0.717) is 5.56 Å². The number of hydrogen-bond donors (Lipinski definition) is 0. The number of hydrogen-bond acceptors (Lipinski definition) is 3. The first kappa shape index (κ1) is 23.8. The summed E-state index contributed by atoms with van der Waals surface area (Å²) in [5.41, 5.74) is 4.66. The number of nitrogens with zero attached hydrogens (tertiary/aromatic N) is 2. The summed E-state index contributed by atoms with van der Waals surface area (Å²) < 4.78 is 42.2. The van der Waals surface area contributed by atoms with E-state index in [2.05, 4.69) is 53.9 Å². The molecule has 0 spiro atoms. The van der Waals surface area contributed by atoms with Crippen LogP contribution in [0.1, 0.15) is 6.85 Å². The van der Waals surface area contributed by atoms with Gasteiger partial charge < -0.3 is 9.97 Å². The molecule has 0 aliphatic carbocycles. The van der Waals surface area contributed by atoms with E-state index in [-0.39, 0.29) is 55.9 Å². The van der Waals surface area contributed by atoms with Crippen LogP contribution in [0.5, 0.6) is 0 Å². The zero-order valence-electron chi connectivity index (χ0n) is 28.4. The zero-order chi connectivity index (χ0) is 32.6. The molecule has 0 bridgehead atoms. The minimum Gasteiger partial charge on any atom is -0.305 e. The van der Waals surface area contributed by atoms with Gasteiger partial charge in [-0.1, -0.05) is 91.6 Å². The molecule has 0 unspecified atom stereocenters. The van der Waals surface area contributed by atoms with Crippen molar-refractivity contribution >= 4 is 44.8 Å². The van der Waals surface area contributed by atoms with E-state index < -0.39 is 8.07 Å². The van der Waals surface area contributed by atoms with Crippen molar-refractivity contribution in [3.8, 4) is 33.6 Å². The van der Waals surface area contributed by atoms with Crippen LogP contribution >= 0.6 is 11.3 Å². The maximum Gasteiger partial charge on any atom is 0.0795 e. The van der Waals surface area contributed by atoms with Gasteiger partial charge in [-0.2, -0.15) is 11.3 Å². The Morgan fingerprint density at radius 1 is 0.738 bits per heavy atom. The Labute approximate surface area is 273 Å². The molecule has 0 atom stereocenters. The van der Waals surface area contributed by atoms with E-state index in [1.54, 1.807) is 17.5 Å². The van der Waals surface area contributed by atoms with Crippen molar-refractivity contribution in [2.75, 3.05) is 0 Å². The maximum absolute atomic E-state index is 8.25. The van der Waals surface area contributed by atoms with Crippen LogP contribution in [0.2, 0.25) is 19.6 Å². The summed E-state index contributed by atoms with van der Waals surface area (Å²) in [4.78, 5) is 8.97. The van der Waals surface area contributed by atoms with Gasteiger partial charge in [-0.05, 0) is 49.9 Å². The molecule has 0 saturated heterocycles. The average molecular weight is 760 g/mol. The molecular weight excluding hydrogens is 725 g/mol. The van der Waals surface area contributed by atoms with Crippen LogP contribution in [0.25, 0.3) is 53.8 Å². The molecule has 3 aromatic heterocycles. The molecule has 0 aliphatic rings. The Morgan fingerprint density at radius 3 is 2.26 bits per heavy atom. The van der Waals surface area contributed by atoms with Gasteiger partial charge in [0.25, 0.3) is 0 Å². The van der Waals surface area contributed by atoms with Gasteiger partial charge in [-0.25, -0.2) is 0 Å². The number of fused-ring (bicyclic) bond motifs is 3. The van der Waals surface area contributed by atoms with Gasteiger partial charge in [0.15, 0.2) is 0 Å². The average Bonchev–Trinajstić information content (AvgIpc) is 3.45. The van der Waals surface area contributed by atoms with Crippen LogP contribution in [0.15, 0.2) is 128 Å². The van der Waals surface area contributed by atoms with Gasteiger partial charge in [0, 0.05) is 37.2 Å². The van der Waals surface area contributed by atoms with Gasteiger partial charge in [-0.3, -0.25) is 0 Å². The Morgan fingerprint density at radius 2 is 1.57 bits per heavy atom. The van der Waals surface area contributed by atoms with Crippen molar-refractivity contribution in [1.29, 1.82) is 0 Å². The number of rotatable bonds is 4. The molecule has 7 aromatic rings. The SMILES string of the molecule is C[Si](C)(C)c1ccc(-c2[c-]cccc2)nc1.[2H]c1c([2H])c([2H])c(-c2ccc3c(c2)sc2c(-c4ccccn4)[c-]ccc23)c([2H])c1[2H].[Ir]. The first-order valence-corrected chi connectivity index (χ1v) is 17.7. The second-order valence-corrected chi connectivity index (χ2v) is 16.7. The summed E-state index contributed by atoms with van der Waals surface area (Å²) in [6, 6.07) is 32.7. The van der Waals surface area contributed by atoms with Crippen LogP contribution in [0.4, 0.5) is 0 Å². The van der Waals surface area contributed by atoms with Gasteiger partial charge >= 0.3 is 0 Å². The van der Waals surface area contributed by atoms with E-state index in [0.717, 1.165) is 42.7 Å². The standard InChI is InChI=1S/C23H14NS.C14H16NSi.Ir/c1-2-7-16(8-3-1)17-12-13-18-19-9-6-10-20(21-11-4-5-14-24-21)23(19)25-22(18)15-17;1-16(2,3)13-9-10-14(15-11-13)12-7-5-4-6-8-12;/h1-9,11-15H;4-7,9-11H,1-3H3;/q2*-1;/i1D,2D,3D,7D,8D;;. The molecule has 0 fully saturated rings. The summed E-state index contributed by atoms with van der Waals surface area (Å²) in [5.74, 6) is 0. The summed E-state index contributed by atoms with van der Waals surface area (Å²) in [6.45, 7) is 7.00. The minimum absolute atomic E-state index is 0. The normalized spacial score (nSPS) is 12.7. The third-order valence-electron chi connectivity index (χ3n) is 6.76. The van der Waals surface area contributed by atoms with E-state index in [1.165, 1.54) is 5.19 Å². The van der Waals surface area contributed by atoms with Gasteiger partial charge in [-0.15, -0.1) is 59.7 Å². The molecule has 0 saturated carbocycles. The van der Waals surface area contributed by atoms with E-state index in [9.17, 15) is 0 Å². The van der Waals surface area contributed by atoms with Crippen molar-refractivity contribution in [2.45, 2.75) is 19.6 Å². The molecule has 4 aromatic carbocycles. The molecule has 42 heavy (non-hydrogen) atoms. The van der Waals surface area contributed by atoms with E-state index >= 15 is 0 Å². The fourth-order valence-electron chi connectivity index (χ4n) is 4.54. The summed E-state index contributed by atoms with van der Waals surface area (Å²) >= 11 is 1.59. The number of thiophene rings is 1. The fraction of sp³-hybridized carbons (Fsp3) is 0.0811. The monoisotopic (exact) mass is 760 g/mol. The first-order chi connectivity index (χ1) is 22.0. The number of aromatic nitrogens is 2. The van der Waals surface area contributed by atoms with Crippen molar-refractivity contribution < 1.29 is 27.0 Å². The smallest absolute Gasteiger partial charge is 0.0795 e. The van der Waals surface area contributed by atoms with Gasteiger partial charge in [0.05, 0.1) is 14.9 Å². The topological polar surface area (TPSA) is 25.8 Å². The van der Waals surface area contributed by atoms with Crippen LogP contribution in [-0.2, 0) is 20.1 Å². The molecule has 3 heterocycles. The largest absolute Gasteiger partial charge is 0.305 e. The first-order valence-electron chi connectivity index (χ1n) is 15.8. The zero-order valence-corrected chi connectivity index (χ0v) is 27.6. The molecule has 5 heteroatoms. The Bertz CT molecular complexity index is 2160. The van der Waals surface area contributed by atoms with Crippen LogP contribution in [-0.4, -0.2) is 18.0 Å². The quantitative estimate of drug-likeness (QED) is 0.132. The van der Waals surface area contributed by atoms with Crippen molar-refractivity contribution in [1.82, 2.24) is 9.97 Å². The second kappa shape index (κ2) is 13.1. The van der Waals surface area contributed by atoms with Crippen molar-refractivity contribution in [3.05, 3.63) is 140 Å². The Kier molecular flexibility index (Phi) is 7.40. The summed E-state index contributed by atoms with van der Waals surface area (Å²) in [7, 11) is -1.23. The molecule has 209 valence electrons. The minimum atomic E-state index is -1.23. The summed E-state index contributed by atoms with van der Waals surface area (Å²) in [5, 5.41) is 3.53. The third-order valence-corrected chi connectivity index (χ3v) is 9.97. The maximum atomic E-state index is 8.25. The van der Waals surface area contributed by atoms with E-state index in [4.69, 9.17) is 6.85 Å². The van der Waals surface area contributed by atoms with Gasteiger partial charge in [0.1, 0.15) is 0 Å². The van der Waals surface area contributed by atoms with Crippen LogP contribution < -0.4 is 5.19 Å². The second-order valence-electron chi connectivity index (χ2n) is 10.6. The molecule has 0 aliphatic heterocycles. The van der Waals surface area contributed by atoms with Gasteiger partial charge in [0.2, 0.25) is 0 Å². The van der Waals surface area contributed by atoms with Crippen molar-refractivity contribution in [3.63, 3.8) is 0 Å². The molecule has 1 radical (unpaired) electrons. The molecule has 0 amide bonds. The molecule has 2 nitrogen and oxygen atoms in total. The van der Waals surface area contributed by atoms with Crippen LogP contribution in [0.3, 0.4) is 0 Å². The number of benzene rings is 4. The molecular formula is C37H30IrN2SSi-2. The predicted molar refractivity (Wildman–Crippen MR) is 178 cm³/mol. The van der Waals surface area contributed by atoms with Crippen LogP contribution in [0, 0.1) is 12.1 Å². The summed E-state index contributed by atoms with van der Waals surface area (Å²) in [6.07, 6.45) is 3.77. The Hall–Kier alpha value is -3.73.